The average Bonchev–Trinajstić information content (AvgIpc) is 2.60. The highest BCUT2D eigenvalue weighted by Gasteiger charge is 2.22. The number of hydrogen-bond donors (Lipinski definition) is 1. The fourth-order valence-corrected chi connectivity index (χ4v) is 3.34. The summed E-state index contributed by atoms with van der Waals surface area (Å²) in [6.07, 6.45) is 1.05. The number of rotatable bonds is 2. The van der Waals surface area contributed by atoms with E-state index in [-0.39, 0.29) is 20.6 Å². The molecule has 0 radical (unpaired) electrons. The lowest BCUT2D eigenvalue weighted by atomic mass is 10.2. The maximum atomic E-state index is 13.6. The number of sulfone groups is 1. The lowest BCUT2D eigenvalue weighted by molar-refractivity contribution is 0.603. The molecule has 2 aromatic rings. The summed E-state index contributed by atoms with van der Waals surface area (Å²) in [6.45, 7) is 0. The van der Waals surface area contributed by atoms with Crippen molar-refractivity contribution in [2.45, 2.75) is 4.21 Å². The Bertz CT molecular complexity index is 665. The van der Waals surface area contributed by atoms with Gasteiger partial charge >= 0.3 is 0 Å². The standard InChI is InChI=1S/C10H9FN2O2S2/c1-17(14,15)9-8(13-10(12)16-9)6-4-2-3-5-7(6)11/h2-5H,1H3,(H2,12,13). The van der Waals surface area contributed by atoms with Gasteiger partial charge in [-0.05, 0) is 12.1 Å². The summed E-state index contributed by atoms with van der Waals surface area (Å²) in [7, 11) is -3.47. The smallest absolute Gasteiger partial charge is 0.187 e. The fraction of sp³-hybridized carbons (Fsp3) is 0.100. The molecule has 0 saturated heterocycles. The maximum absolute atomic E-state index is 13.6. The zero-order valence-electron chi connectivity index (χ0n) is 8.84. The Balaban J connectivity index is 2.73. The second-order valence-corrected chi connectivity index (χ2v) is 6.68. The van der Waals surface area contributed by atoms with E-state index in [1.54, 1.807) is 6.07 Å². The van der Waals surface area contributed by atoms with Crippen molar-refractivity contribution in [3.8, 4) is 11.3 Å². The number of benzene rings is 1. The first kappa shape index (κ1) is 12.0. The van der Waals surface area contributed by atoms with E-state index in [9.17, 15) is 12.8 Å². The van der Waals surface area contributed by atoms with Gasteiger partial charge < -0.3 is 5.73 Å². The molecule has 0 unspecified atom stereocenters. The van der Waals surface area contributed by atoms with Crippen LogP contribution in [-0.2, 0) is 9.84 Å². The molecule has 0 saturated carbocycles. The number of nitrogens with zero attached hydrogens (tertiary/aromatic N) is 1. The molecule has 90 valence electrons. The van der Waals surface area contributed by atoms with Crippen molar-refractivity contribution in [2.75, 3.05) is 12.0 Å². The average molecular weight is 272 g/mol. The molecule has 0 atom stereocenters. The first-order valence-electron chi connectivity index (χ1n) is 4.61. The third kappa shape index (κ3) is 2.29. The summed E-state index contributed by atoms with van der Waals surface area (Å²) in [5.41, 5.74) is 5.70. The minimum absolute atomic E-state index is 0.0138. The number of hydrogen-bond acceptors (Lipinski definition) is 5. The Hall–Kier alpha value is -1.47. The minimum atomic E-state index is -3.47. The van der Waals surface area contributed by atoms with Gasteiger partial charge in [0.25, 0.3) is 0 Å². The summed E-state index contributed by atoms with van der Waals surface area (Å²) in [6, 6.07) is 5.85. The number of nitrogens with two attached hydrogens (primary N) is 1. The van der Waals surface area contributed by atoms with Crippen molar-refractivity contribution in [3.63, 3.8) is 0 Å². The molecule has 0 aliphatic carbocycles. The third-order valence-corrected chi connectivity index (χ3v) is 4.78. The fourth-order valence-electron chi connectivity index (χ4n) is 1.40. The Labute approximate surface area is 102 Å². The Kier molecular flexibility index (Phi) is 2.88. The van der Waals surface area contributed by atoms with Crippen LogP contribution < -0.4 is 5.73 Å². The van der Waals surface area contributed by atoms with Crippen LogP contribution in [0.1, 0.15) is 0 Å². The molecule has 1 heterocycles. The number of aromatic nitrogens is 1. The monoisotopic (exact) mass is 272 g/mol. The van der Waals surface area contributed by atoms with Crippen LogP contribution in [0.5, 0.6) is 0 Å². The second kappa shape index (κ2) is 4.08. The first-order chi connectivity index (χ1) is 7.89. The molecule has 0 fully saturated rings. The molecule has 7 heteroatoms. The van der Waals surface area contributed by atoms with E-state index in [1.165, 1.54) is 18.2 Å². The van der Waals surface area contributed by atoms with Crippen LogP contribution in [0.4, 0.5) is 9.52 Å². The summed E-state index contributed by atoms with van der Waals surface area (Å²) >= 11 is 0.837. The van der Waals surface area contributed by atoms with Crippen molar-refractivity contribution < 1.29 is 12.8 Å². The van der Waals surface area contributed by atoms with E-state index in [0.29, 0.717) is 0 Å². The van der Waals surface area contributed by atoms with Crippen LogP contribution in [0.2, 0.25) is 0 Å². The summed E-state index contributed by atoms with van der Waals surface area (Å²) in [4.78, 5) is 3.89. The molecule has 0 aliphatic rings. The summed E-state index contributed by atoms with van der Waals surface area (Å²) in [5, 5.41) is 0.101. The van der Waals surface area contributed by atoms with E-state index in [2.05, 4.69) is 4.98 Å². The van der Waals surface area contributed by atoms with E-state index in [1.807, 2.05) is 0 Å². The lowest BCUT2D eigenvalue weighted by Crippen LogP contribution is -1.97. The highest BCUT2D eigenvalue weighted by atomic mass is 32.2. The molecule has 2 N–H and O–H groups in total. The lowest BCUT2D eigenvalue weighted by Gasteiger charge is -2.01. The van der Waals surface area contributed by atoms with Gasteiger partial charge in [-0.2, -0.15) is 0 Å². The highest BCUT2D eigenvalue weighted by molar-refractivity contribution is 7.93. The molecular weight excluding hydrogens is 263 g/mol. The number of anilines is 1. The zero-order chi connectivity index (χ0) is 12.6. The quantitative estimate of drug-likeness (QED) is 0.906. The van der Waals surface area contributed by atoms with Crippen LogP contribution in [0.25, 0.3) is 11.3 Å². The zero-order valence-corrected chi connectivity index (χ0v) is 10.5. The van der Waals surface area contributed by atoms with Crippen LogP contribution >= 0.6 is 11.3 Å². The Morgan fingerprint density at radius 1 is 1.35 bits per heavy atom. The highest BCUT2D eigenvalue weighted by Crippen LogP contribution is 2.34. The van der Waals surface area contributed by atoms with Crippen LogP contribution in [0, 0.1) is 5.82 Å². The van der Waals surface area contributed by atoms with Crippen LogP contribution in [0.15, 0.2) is 28.5 Å². The summed E-state index contributed by atoms with van der Waals surface area (Å²) < 4.78 is 36.7. The molecule has 0 spiro atoms. The van der Waals surface area contributed by atoms with Crippen LogP contribution in [-0.4, -0.2) is 19.7 Å². The molecule has 0 amide bonds. The number of thiazole rings is 1. The van der Waals surface area contributed by atoms with E-state index >= 15 is 0 Å². The van der Waals surface area contributed by atoms with E-state index in [0.717, 1.165) is 17.6 Å². The number of nitrogen functional groups attached to an aromatic ring is 1. The molecule has 0 bridgehead atoms. The summed E-state index contributed by atoms with van der Waals surface area (Å²) in [5.74, 6) is -0.525. The largest absolute Gasteiger partial charge is 0.375 e. The maximum Gasteiger partial charge on any atom is 0.187 e. The van der Waals surface area contributed by atoms with Crippen molar-refractivity contribution in [1.29, 1.82) is 0 Å². The van der Waals surface area contributed by atoms with Crippen molar-refractivity contribution >= 4 is 26.3 Å². The van der Waals surface area contributed by atoms with Gasteiger partial charge in [-0.15, -0.1) is 0 Å². The van der Waals surface area contributed by atoms with Crippen molar-refractivity contribution in [3.05, 3.63) is 30.1 Å². The minimum Gasteiger partial charge on any atom is -0.375 e. The predicted molar refractivity (Wildman–Crippen MR) is 65.0 cm³/mol. The van der Waals surface area contributed by atoms with Gasteiger partial charge in [0.15, 0.2) is 15.0 Å². The van der Waals surface area contributed by atoms with E-state index < -0.39 is 15.7 Å². The molecule has 1 aromatic heterocycles. The second-order valence-electron chi connectivity index (χ2n) is 3.44. The van der Waals surface area contributed by atoms with Gasteiger partial charge in [0.05, 0.1) is 0 Å². The molecule has 17 heavy (non-hydrogen) atoms. The van der Waals surface area contributed by atoms with Crippen molar-refractivity contribution in [1.82, 2.24) is 4.98 Å². The Morgan fingerprint density at radius 2 is 2.00 bits per heavy atom. The number of halogens is 1. The van der Waals surface area contributed by atoms with Gasteiger partial charge in [-0.3, -0.25) is 0 Å². The van der Waals surface area contributed by atoms with Gasteiger partial charge in [0, 0.05) is 11.8 Å². The molecule has 2 rings (SSSR count). The third-order valence-electron chi connectivity index (χ3n) is 2.08. The van der Waals surface area contributed by atoms with Gasteiger partial charge in [0.1, 0.15) is 15.7 Å². The molecule has 0 aliphatic heterocycles. The topological polar surface area (TPSA) is 73.0 Å². The predicted octanol–water partition coefficient (Wildman–Crippen LogP) is 1.93. The van der Waals surface area contributed by atoms with Gasteiger partial charge in [-0.1, -0.05) is 23.5 Å². The SMILES string of the molecule is CS(=O)(=O)c1sc(N)nc1-c1ccccc1F. The van der Waals surface area contributed by atoms with Crippen LogP contribution in [0.3, 0.4) is 0 Å². The molecule has 4 nitrogen and oxygen atoms in total. The molecular formula is C10H9FN2O2S2. The van der Waals surface area contributed by atoms with Crippen molar-refractivity contribution in [2.24, 2.45) is 0 Å². The normalized spacial score (nSPS) is 11.6. The Morgan fingerprint density at radius 3 is 2.59 bits per heavy atom. The first-order valence-corrected chi connectivity index (χ1v) is 7.31. The van der Waals surface area contributed by atoms with Gasteiger partial charge in [-0.25, -0.2) is 17.8 Å². The molecule has 1 aromatic carbocycles. The van der Waals surface area contributed by atoms with Gasteiger partial charge in [0.2, 0.25) is 0 Å². The van der Waals surface area contributed by atoms with E-state index in [4.69, 9.17) is 5.73 Å².